The minimum atomic E-state index is 0.0975. The molecule has 4 rings (SSSR count). The Hall–Kier alpha value is -2.08. The second-order valence-electron chi connectivity index (χ2n) is 8.69. The summed E-state index contributed by atoms with van der Waals surface area (Å²) in [7, 11) is 0. The number of aryl methyl sites for hydroxylation is 1. The summed E-state index contributed by atoms with van der Waals surface area (Å²) in [6.07, 6.45) is 2.42. The highest BCUT2D eigenvalue weighted by atomic mass is 35.5. The molecule has 1 amide bonds. The summed E-state index contributed by atoms with van der Waals surface area (Å²) in [4.78, 5) is 19.8. The van der Waals surface area contributed by atoms with Gasteiger partial charge in [-0.1, -0.05) is 41.9 Å². The van der Waals surface area contributed by atoms with Crippen LogP contribution in [0.5, 0.6) is 0 Å². The molecule has 2 aromatic carbocycles. The number of nitrogens with zero attached hydrogens (tertiary/aromatic N) is 3. The van der Waals surface area contributed by atoms with Crippen LogP contribution in [-0.4, -0.2) is 68.1 Å². The maximum absolute atomic E-state index is 12.7. The number of hydrogen-bond donors (Lipinski definition) is 1. The molecule has 6 heteroatoms. The van der Waals surface area contributed by atoms with Gasteiger partial charge in [0, 0.05) is 43.4 Å². The first-order valence-corrected chi connectivity index (χ1v) is 11.8. The van der Waals surface area contributed by atoms with Gasteiger partial charge in [-0.15, -0.1) is 0 Å². The van der Waals surface area contributed by atoms with Crippen molar-refractivity contribution in [2.24, 2.45) is 0 Å². The fraction of sp³-hybridized carbons (Fsp3) is 0.480. The molecular weight excluding hydrogens is 408 g/mol. The largest absolute Gasteiger partial charge is 0.369 e. The van der Waals surface area contributed by atoms with Crippen LogP contribution in [0.1, 0.15) is 30.0 Å². The van der Waals surface area contributed by atoms with Gasteiger partial charge in [-0.3, -0.25) is 14.6 Å². The Morgan fingerprint density at radius 3 is 2.45 bits per heavy atom. The maximum Gasteiger partial charge on any atom is 0.234 e. The number of nitrogens with one attached hydrogen (secondary N) is 1. The van der Waals surface area contributed by atoms with E-state index in [1.54, 1.807) is 0 Å². The van der Waals surface area contributed by atoms with Crippen LogP contribution in [0, 0.1) is 6.92 Å². The third-order valence-electron chi connectivity index (χ3n) is 6.44. The SMILES string of the molecule is Cc1cccc(N2CCN(CC(=O)NC[C@H](c3ccccc3Cl)N3CCCC3)CC2)c1. The molecule has 0 aromatic heterocycles. The van der Waals surface area contributed by atoms with E-state index >= 15 is 0 Å². The van der Waals surface area contributed by atoms with Gasteiger partial charge in [0.05, 0.1) is 12.6 Å². The molecule has 1 atom stereocenters. The third-order valence-corrected chi connectivity index (χ3v) is 6.79. The molecule has 31 heavy (non-hydrogen) atoms. The highest BCUT2D eigenvalue weighted by Crippen LogP contribution is 2.29. The lowest BCUT2D eigenvalue weighted by molar-refractivity contribution is -0.122. The topological polar surface area (TPSA) is 38.8 Å². The highest BCUT2D eigenvalue weighted by Gasteiger charge is 2.26. The summed E-state index contributed by atoms with van der Waals surface area (Å²) in [5.74, 6) is 0.0975. The standard InChI is InChI=1S/C25H33ClN4O/c1-20-7-6-8-21(17-20)29-15-13-28(14-16-29)19-25(31)27-18-24(30-11-4-5-12-30)22-9-2-3-10-23(22)26/h2-3,6-10,17,24H,4-5,11-16,18-19H2,1H3,(H,27,31)/t24-/m1/s1. The second-order valence-corrected chi connectivity index (χ2v) is 9.09. The molecule has 2 saturated heterocycles. The normalized spacial score (nSPS) is 18.8. The number of benzene rings is 2. The van der Waals surface area contributed by atoms with Gasteiger partial charge in [0.15, 0.2) is 0 Å². The summed E-state index contributed by atoms with van der Waals surface area (Å²) >= 11 is 6.49. The van der Waals surface area contributed by atoms with Crippen molar-refractivity contribution in [3.05, 3.63) is 64.7 Å². The number of likely N-dealkylation sites (tertiary alicyclic amines) is 1. The number of carbonyl (C=O) groups excluding carboxylic acids is 1. The first kappa shape index (κ1) is 22.1. The summed E-state index contributed by atoms with van der Waals surface area (Å²) in [6, 6.07) is 16.8. The van der Waals surface area contributed by atoms with Crippen molar-refractivity contribution in [1.82, 2.24) is 15.1 Å². The zero-order valence-electron chi connectivity index (χ0n) is 18.4. The Kier molecular flexibility index (Phi) is 7.49. The number of piperazine rings is 1. The number of rotatable bonds is 7. The molecule has 2 aliphatic rings. The van der Waals surface area contributed by atoms with Crippen LogP contribution < -0.4 is 10.2 Å². The van der Waals surface area contributed by atoms with Gasteiger partial charge in [-0.2, -0.15) is 0 Å². The number of carbonyl (C=O) groups is 1. The van der Waals surface area contributed by atoms with Crippen LogP contribution in [0.25, 0.3) is 0 Å². The average Bonchev–Trinajstić information content (AvgIpc) is 3.30. The third kappa shape index (κ3) is 5.79. The lowest BCUT2D eigenvalue weighted by Gasteiger charge is -2.36. The summed E-state index contributed by atoms with van der Waals surface area (Å²) in [5, 5.41) is 3.97. The highest BCUT2D eigenvalue weighted by molar-refractivity contribution is 6.31. The quantitative estimate of drug-likeness (QED) is 0.712. The fourth-order valence-electron chi connectivity index (χ4n) is 4.69. The van der Waals surface area contributed by atoms with Crippen LogP contribution in [0.2, 0.25) is 5.02 Å². The van der Waals surface area contributed by atoms with E-state index in [2.05, 4.69) is 57.3 Å². The molecule has 0 radical (unpaired) electrons. The van der Waals surface area contributed by atoms with E-state index in [1.807, 2.05) is 18.2 Å². The maximum atomic E-state index is 12.7. The smallest absolute Gasteiger partial charge is 0.234 e. The number of anilines is 1. The Morgan fingerprint density at radius 1 is 1.00 bits per heavy atom. The molecule has 2 aromatic rings. The molecule has 166 valence electrons. The van der Waals surface area contributed by atoms with Gasteiger partial charge in [0.1, 0.15) is 0 Å². The predicted molar refractivity (Wildman–Crippen MR) is 128 cm³/mol. The first-order chi connectivity index (χ1) is 15.1. The van der Waals surface area contributed by atoms with E-state index < -0.39 is 0 Å². The molecule has 1 N–H and O–H groups in total. The minimum Gasteiger partial charge on any atom is -0.369 e. The second kappa shape index (κ2) is 10.5. The molecule has 0 aliphatic carbocycles. The van der Waals surface area contributed by atoms with E-state index in [4.69, 9.17) is 11.6 Å². The van der Waals surface area contributed by atoms with Crippen LogP contribution in [0.4, 0.5) is 5.69 Å². The number of amides is 1. The number of hydrogen-bond acceptors (Lipinski definition) is 4. The van der Waals surface area contributed by atoms with Crippen LogP contribution in [-0.2, 0) is 4.79 Å². The van der Waals surface area contributed by atoms with E-state index in [9.17, 15) is 4.79 Å². The molecule has 5 nitrogen and oxygen atoms in total. The van der Waals surface area contributed by atoms with Gasteiger partial charge in [-0.25, -0.2) is 0 Å². The van der Waals surface area contributed by atoms with Crippen LogP contribution in [0.15, 0.2) is 48.5 Å². The summed E-state index contributed by atoms with van der Waals surface area (Å²) < 4.78 is 0. The molecule has 0 spiro atoms. The Labute approximate surface area is 191 Å². The lowest BCUT2D eigenvalue weighted by Crippen LogP contribution is -2.50. The zero-order valence-corrected chi connectivity index (χ0v) is 19.2. The molecule has 2 fully saturated rings. The van der Waals surface area contributed by atoms with Crippen molar-refractivity contribution >= 4 is 23.2 Å². The minimum absolute atomic E-state index is 0.0975. The van der Waals surface area contributed by atoms with E-state index in [1.165, 1.54) is 24.1 Å². The Balaban J connectivity index is 1.28. The Bertz CT molecular complexity index is 875. The van der Waals surface area contributed by atoms with Crippen LogP contribution >= 0.6 is 11.6 Å². The average molecular weight is 441 g/mol. The van der Waals surface area contributed by atoms with E-state index in [-0.39, 0.29) is 11.9 Å². The zero-order chi connectivity index (χ0) is 21.6. The van der Waals surface area contributed by atoms with E-state index in [0.717, 1.165) is 49.9 Å². The van der Waals surface area contributed by atoms with Crippen LogP contribution in [0.3, 0.4) is 0 Å². The van der Waals surface area contributed by atoms with Crippen molar-refractivity contribution < 1.29 is 4.79 Å². The van der Waals surface area contributed by atoms with Crippen molar-refractivity contribution in [1.29, 1.82) is 0 Å². The van der Waals surface area contributed by atoms with Gasteiger partial charge in [0.2, 0.25) is 5.91 Å². The molecule has 0 unspecified atom stereocenters. The molecular formula is C25H33ClN4O. The van der Waals surface area contributed by atoms with Crippen molar-refractivity contribution in [2.45, 2.75) is 25.8 Å². The Morgan fingerprint density at radius 2 is 1.74 bits per heavy atom. The lowest BCUT2D eigenvalue weighted by atomic mass is 10.1. The molecule has 2 heterocycles. The van der Waals surface area contributed by atoms with Gasteiger partial charge >= 0.3 is 0 Å². The molecule has 0 bridgehead atoms. The van der Waals surface area contributed by atoms with Crippen molar-refractivity contribution in [3.8, 4) is 0 Å². The first-order valence-electron chi connectivity index (χ1n) is 11.4. The predicted octanol–water partition coefficient (Wildman–Crippen LogP) is 3.72. The number of halogens is 1. The summed E-state index contributed by atoms with van der Waals surface area (Å²) in [6.45, 7) is 9.02. The fourth-order valence-corrected chi connectivity index (χ4v) is 4.95. The van der Waals surface area contributed by atoms with Gasteiger partial charge in [-0.05, 0) is 62.2 Å². The van der Waals surface area contributed by atoms with Crippen molar-refractivity contribution in [2.75, 3.05) is 57.3 Å². The van der Waals surface area contributed by atoms with Gasteiger partial charge in [0.25, 0.3) is 0 Å². The monoisotopic (exact) mass is 440 g/mol. The van der Waals surface area contributed by atoms with Gasteiger partial charge < -0.3 is 10.2 Å². The summed E-state index contributed by atoms with van der Waals surface area (Å²) in [5.41, 5.74) is 3.67. The van der Waals surface area contributed by atoms with Crippen molar-refractivity contribution in [3.63, 3.8) is 0 Å². The van der Waals surface area contributed by atoms with E-state index in [0.29, 0.717) is 13.1 Å². The molecule has 2 aliphatic heterocycles. The molecule has 0 saturated carbocycles.